The molecule has 0 amide bonds. The SMILES string of the molecule is COc1c2c(c(C(=O)O)c(OC)c1C(=O)c1ccccc1)OC1(C)CCCCC1C2. The van der Waals surface area contributed by atoms with Crippen molar-refractivity contribution in [3.8, 4) is 17.2 Å². The van der Waals surface area contributed by atoms with Gasteiger partial charge in [-0.25, -0.2) is 4.79 Å². The van der Waals surface area contributed by atoms with Gasteiger partial charge in [0, 0.05) is 17.0 Å². The second kappa shape index (κ2) is 7.67. The third-order valence-corrected chi connectivity index (χ3v) is 6.47. The summed E-state index contributed by atoms with van der Waals surface area (Å²) in [5, 5.41) is 10.1. The lowest BCUT2D eigenvalue weighted by atomic mass is 9.71. The van der Waals surface area contributed by atoms with Gasteiger partial charge in [0.25, 0.3) is 0 Å². The number of hydrogen-bond acceptors (Lipinski definition) is 5. The standard InChI is InChI=1S/C24H26O6/c1-24-12-8-7-11-15(24)13-16-20(28-2)17(19(25)14-9-5-4-6-10-14)22(29-3)18(23(26)27)21(16)30-24/h4-6,9-10,15H,7-8,11-13H2,1-3H3,(H,26,27). The molecular weight excluding hydrogens is 384 g/mol. The molecule has 6 heteroatoms. The number of aromatic carboxylic acids is 1. The molecule has 1 aliphatic heterocycles. The molecule has 0 spiro atoms. The van der Waals surface area contributed by atoms with Gasteiger partial charge in [-0.15, -0.1) is 0 Å². The number of carbonyl (C=O) groups is 2. The van der Waals surface area contributed by atoms with Gasteiger partial charge >= 0.3 is 5.97 Å². The van der Waals surface area contributed by atoms with E-state index in [0.717, 1.165) is 25.7 Å². The fourth-order valence-corrected chi connectivity index (χ4v) is 4.91. The van der Waals surface area contributed by atoms with Crippen LogP contribution in [0, 0.1) is 5.92 Å². The van der Waals surface area contributed by atoms with Gasteiger partial charge in [0.05, 0.1) is 14.2 Å². The molecule has 0 radical (unpaired) electrons. The van der Waals surface area contributed by atoms with Crippen LogP contribution in [-0.4, -0.2) is 36.7 Å². The van der Waals surface area contributed by atoms with Crippen LogP contribution in [0.3, 0.4) is 0 Å². The Balaban J connectivity index is 2.00. The summed E-state index contributed by atoms with van der Waals surface area (Å²) in [6.45, 7) is 2.05. The van der Waals surface area contributed by atoms with E-state index < -0.39 is 11.6 Å². The van der Waals surface area contributed by atoms with Crippen LogP contribution in [0.5, 0.6) is 17.2 Å². The molecule has 158 valence electrons. The van der Waals surface area contributed by atoms with Gasteiger partial charge in [0.1, 0.15) is 28.2 Å². The Labute approximate surface area is 175 Å². The molecule has 2 atom stereocenters. The monoisotopic (exact) mass is 410 g/mol. The highest BCUT2D eigenvalue weighted by atomic mass is 16.5. The zero-order valence-electron chi connectivity index (χ0n) is 17.5. The molecule has 2 aliphatic rings. The topological polar surface area (TPSA) is 82.1 Å². The van der Waals surface area contributed by atoms with Crippen LogP contribution >= 0.6 is 0 Å². The Morgan fingerprint density at radius 1 is 1.07 bits per heavy atom. The molecule has 2 unspecified atom stereocenters. The molecule has 2 aromatic carbocycles. The number of carbonyl (C=O) groups excluding carboxylic acids is 1. The third kappa shape index (κ3) is 3.11. The summed E-state index contributed by atoms with van der Waals surface area (Å²) in [7, 11) is 2.86. The minimum absolute atomic E-state index is 0.0233. The van der Waals surface area contributed by atoms with Crippen molar-refractivity contribution in [1.29, 1.82) is 0 Å². The van der Waals surface area contributed by atoms with Crippen molar-refractivity contribution in [1.82, 2.24) is 0 Å². The Morgan fingerprint density at radius 3 is 2.40 bits per heavy atom. The Morgan fingerprint density at radius 2 is 1.77 bits per heavy atom. The van der Waals surface area contributed by atoms with Crippen LogP contribution in [0.25, 0.3) is 0 Å². The van der Waals surface area contributed by atoms with E-state index in [1.54, 1.807) is 24.3 Å². The van der Waals surface area contributed by atoms with E-state index in [2.05, 4.69) is 0 Å². The summed E-state index contributed by atoms with van der Waals surface area (Å²) >= 11 is 0. The molecule has 30 heavy (non-hydrogen) atoms. The number of ketones is 1. The number of methoxy groups -OCH3 is 2. The normalized spacial score (nSPS) is 22.3. The number of rotatable bonds is 5. The molecule has 0 bridgehead atoms. The van der Waals surface area contributed by atoms with Crippen molar-refractivity contribution < 1.29 is 28.9 Å². The zero-order valence-corrected chi connectivity index (χ0v) is 17.5. The van der Waals surface area contributed by atoms with E-state index in [4.69, 9.17) is 14.2 Å². The largest absolute Gasteiger partial charge is 0.495 e. The summed E-state index contributed by atoms with van der Waals surface area (Å²) in [6.07, 6.45) is 4.62. The zero-order chi connectivity index (χ0) is 21.5. The van der Waals surface area contributed by atoms with Crippen molar-refractivity contribution in [2.24, 2.45) is 5.92 Å². The first kappa shape index (κ1) is 20.3. The van der Waals surface area contributed by atoms with Crippen molar-refractivity contribution >= 4 is 11.8 Å². The highest BCUT2D eigenvalue weighted by Crippen LogP contribution is 2.53. The number of hydrogen-bond donors (Lipinski definition) is 1. The lowest BCUT2D eigenvalue weighted by Crippen LogP contribution is -2.47. The van der Waals surface area contributed by atoms with Gasteiger partial charge in [-0.05, 0) is 32.6 Å². The third-order valence-electron chi connectivity index (χ3n) is 6.47. The van der Waals surface area contributed by atoms with E-state index in [0.29, 0.717) is 23.3 Å². The quantitative estimate of drug-likeness (QED) is 0.730. The summed E-state index contributed by atoms with van der Waals surface area (Å²) in [5.41, 5.74) is 0.656. The van der Waals surface area contributed by atoms with E-state index in [1.807, 2.05) is 13.0 Å². The van der Waals surface area contributed by atoms with Crippen molar-refractivity contribution in [3.05, 3.63) is 52.6 Å². The lowest BCUT2D eigenvalue weighted by molar-refractivity contribution is -0.0232. The number of carboxylic acid groups (broad SMARTS) is 1. The molecule has 1 aliphatic carbocycles. The Hall–Kier alpha value is -3.02. The summed E-state index contributed by atoms with van der Waals surface area (Å²) < 4.78 is 17.6. The second-order valence-corrected chi connectivity index (χ2v) is 8.19. The second-order valence-electron chi connectivity index (χ2n) is 8.19. The highest BCUT2D eigenvalue weighted by molar-refractivity contribution is 6.15. The molecule has 0 saturated heterocycles. The Kier molecular flexibility index (Phi) is 5.18. The molecule has 1 saturated carbocycles. The van der Waals surface area contributed by atoms with E-state index in [1.165, 1.54) is 14.2 Å². The van der Waals surface area contributed by atoms with E-state index in [9.17, 15) is 14.7 Å². The number of carboxylic acids is 1. The molecule has 6 nitrogen and oxygen atoms in total. The van der Waals surface area contributed by atoms with E-state index in [-0.39, 0.29) is 34.3 Å². The van der Waals surface area contributed by atoms with Crippen LogP contribution in [0.15, 0.2) is 30.3 Å². The van der Waals surface area contributed by atoms with Crippen LogP contribution in [-0.2, 0) is 6.42 Å². The maximum absolute atomic E-state index is 13.4. The molecule has 0 aromatic heterocycles. The van der Waals surface area contributed by atoms with Crippen LogP contribution in [0.2, 0.25) is 0 Å². The molecule has 4 rings (SSSR count). The molecule has 1 heterocycles. The minimum Gasteiger partial charge on any atom is -0.495 e. The van der Waals surface area contributed by atoms with Gasteiger partial charge in [-0.2, -0.15) is 0 Å². The summed E-state index contributed by atoms with van der Waals surface area (Å²) in [6, 6.07) is 8.72. The fraction of sp³-hybridized carbons (Fsp3) is 0.417. The first-order chi connectivity index (χ1) is 14.4. The van der Waals surface area contributed by atoms with E-state index >= 15 is 0 Å². The first-order valence-corrected chi connectivity index (χ1v) is 10.2. The number of ether oxygens (including phenoxy) is 3. The van der Waals surface area contributed by atoms with Crippen molar-refractivity contribution in [2.45, 2.75) is 44.6 Å². The average molecular weight is 410 g/mol. The highest BCUT2D eigenvalue weighted by Gasteiger charge is 2.46. The van der Waals surface area contributed by atoms with Crippen LogP contribution in [0.4, 0.5) is 0 Å². The maximum atomic E-state index is 13.4. The van der Waals surface area contributed by atoms with Gasteiger partial charge in [-0.1, -0.05) is 36.8 Å². The maximum Gasteiger partial charge on any atom is 0.343 e. The van der Waals surface area contributed by atoms with Gasteiger partial charge < -0.3 is 19.3 Å². The summed E-state index contributed by atoms with van der Waals surface area (Å²) in [4.78, 5) is 25.7. The Bertz CT molecular complexity index is 997. The average Bonchev–Trinajstić information content (AvgIpc) is 2.75. The molecule has 1 N–H and O–H groups in total. The number of benzene rings is 2. The molecule has 1 fully saturated rings. The van der Waals surface area contributed by atoms with Gasteiger partial charge in [0.15, 0.2) is 5.75 Å². The smallest absolute Gasteiger partial charge is 0.343 e. The van der Waals surface area contributed by atoms with Gasteiger partial charge in [0.2, 0.25) is 5.78 Å². The van der Waals surface area contributed by atoms with Crippen molar-refractivity contribution in [3.63, 3.8) is 0 Å². The lowest BCUT2D eigenvalue weighted by Gasteiger charge is -2.46. The summed E-state index contributed by atoms with van der Waals surface area (Å²) in [5.74, 6) is -0.709. The van der Waals surface area contributed by atoms with Crippen LogP contribution < -0.4 is 14.2 Å². The number of fused-ring (bicyclic) bond motifs is 2. The minimum atomic E-state index is -1.19. The first-order valence-electron chi connectivity index (χ1n) is 10.2. The molecule has 2 aromatic rings. The molecular formula is C24H26O6. The fourth-order valence-electron chi connectivity index (χ4n) is 4.91. The predicted octanol–water partition coefficient (Wildman–Crippen LogP) is 4.52. The van der Waals surface area contributed by atoms with Crippen LogP contribution in [0.1, 0.15) is 64.4 Å². The van der Waals surface area contributed by atoms with Gasteiger partial charge in [-0.3, -0.25) is 4.79 Å². The van der Waals surface area contributed by atoms with Crippen molar-refractivity contribution in [2.75, 3.05) is 14.2 Å². The predicted molar refractivity (Wildman–Crippen MR) is 111 cm³/mol.